The highest BCUT2D eigenvalue weighted by Crippen LogP contribution is 2.55. The lowest BCUT2D eigenvalue weighted by Gasteiger charge is -2.42. The molecule has 1 aliphatic carbocycles. The summed E-state index contributed by atoms with van der Waals surface area (Å²) >= 11 is 0. The van der Waals surface area contributed by atoms with E-state index in [0.29, 0.717) is 11.3 Å². The molecule has 0 amide bonds. The molecule has 3 rings (SSSR count). The highest BCUT2D eigenvalue weighted by molar-refractivity contribution is 5.44. The van der Waals surface area contributed by atoms with E-state index in [-0.39, 0.29) is 11.6 Å². The van der Waals surface area contributed by atoms with Crippen LogP contribution in [0.25, 0.3) is 0 Å². The first-order chi connectivity index (χ1) is 9.35. The van der Waals surface area contributed by atoms with E-state index >= 15 is 0 Å². The molecule has 2 unspecified atom stereocenters. The number of fused-ring (bicyclic) bond motifs is 1. The van der Waals surface area contributed by atoms with Gasteiger partial charge in [0.05, 0.1) is 7.11 Å². The first-order valence-electron chi connectivity index (χ1n) is 7.48. The first kappa shape index (κ1) is 13.7. The Morgan fingerprint density at radius 2 is 2.05 bits per heavy atom. The Kier molecular flexibility index (Phi) is 3.02. The molecule has 3 nitrogen and oxygen atoms in total. The number of ether oxygens (including phenoxy) is 2. The Hall–Kier alpha value is -1.22. The molecule has 1 aliphatic heterocycles. The van der Waals surface area contributed by atoms with E-state index in [9.17, 15) is 0 Å². The topological polar surface area (TPSA) is 44.5 Å². The molecule has 1 heterocycles. The van der Waals surface area contributed by atoms with Crippen molar-refractivity contribution in [3.05, 3.63) is 23.8 Å². The fourth-order valence-corrected chi connectivity index (χ4v) is 4.26. The molecule has 1 spiro atoms. The third-order valence-corrected chi connectivity index (χ3v) is 5.03. The normalized spacial score (nSPS) is 34.6. The third kappa shape index (κ3) is 2.08. The van der Waals surface area contributed by atoms with Gasteiger partial charge < -0.3 is 15.2 Å². The highest BCUT2D eigenvalue weighted by atomic mass is 16.5. The van der Waals surface area contributed by atoms with Crippen molar-refractivity contribution in [1.82, 2.24) is 0 Å². The van der Waals surface area contributed by atoms with Gasteiger partial charge >= 0.3 is 0 Å². The molecule has 0 radical (unpaired) electrons. The molecule has 0 bridgehead atoms. The predicted octanol–water partition coefficient (Wildman–Crippen LogP) is 3.67. The number of rotatable bonds is 1. The van der Waals surface area contributed by atoms with Gasteiger partial charge in [-0.3, -0.25) is 0 Å². The second kappa shape index (κ2) is 4.39. The van der Waals surface area contributed by atoms with Crippen molar-refractivity contribution in [3.8, 4) is 11.5 Å². The van der Waals surface area contributed by atoms with Gasteiger partial charge in [0, 0.05) is 24.1 Å². The van der Waals surface area contributed by atoms with Gasteiger partial charge in [0.15, 0.2) is 0 Å². The SMILES string of the molecule is COc1ccc2c(c1)OC1(C[C@@H]2N)CC(C)(C)CC1C. The summed E-state index contributed by atoms with van der Waals surface area (Å²) in [4.78, 5) is 0. The monoisotopic (exact) mass is 275 g/mol. The van der Waals surface area contributed by atoms with E-state index in [2.05, 4.69) is 20.8 Å². The van der Waals surface area contributed by atoms with Crippen molar-refractivity contribution < 1.29 is 9.47 Å². The summed E-state index contributed by atoms with van der Waals surface area (Å²) in [6, 6.07) is 6.04. The number of nitrogens with two attached hydrogens (primary N) is 1. The van der Waals surface area contributed by atoms with Crippen LogP contribution in [0.15, 0.2) is 18.2 Å². The van der Waals surface area contributed by atoms with Crippen LogP contribution in [-0.2, 0) is 0 Å². The van der Waals surface area contributed by atoms with E-state index in [1.165, 1.54) is 6.42 Å². The van der Waals surface area contributed by atoms with E-state index in [1.807, 2.05) is 18.2 Å². The van der Waals surface area contributed by atoms with E-state index < -0.39 is 0 Å². The molecule has 2 N–H and O–H groups in total. The minimum Gasteiger partial charge on any atom is -0.497 e. The number of hydrogen-bond donors (Lipinski definition) is 1. The van der Waals surface area contributed by atoms with Crippen LogP contribution in [0.1, 0.15) is 51.6 Å². The van der Waals surface area contributed by atoms with Crippen LogP contribution in [0.2, 0.25) is 0 Å². The number of hydrogen-bond acceptors (Lipinski definition) is 3. The lowest BCUT2D eigenvalue weighted by Crippen LogP contribution is -2.45. The molecule has 110 valence electrons. The molecule has 1 saturated carbocycles. The number of methoxy groups -OCH3 is 1. The standard InChI is InChI=1S/C17H25NO2/c1-11-8-16(2,3)10-17(11)9-14(18)13-6-5-12(19-4)7-15(13)20-17/h5-7,11,14H,8-10,18H2,1-4H3/t11?,14-,17?/m0/s1. The Labute approximate surface area is 121 Å². The van der Waals surface area contributed by atoms with Crippen LogP contribution >= 0.6 is 0 Å². The summed E-state index contributed by atoms with van der Waals surface area (Å²) in [7, 11) is 1.68. The molecule has 1 fully saturated rings. The summed E-state index contributed by atoms with van der Waals surface area (Å²) in [6.07, 6.45) is 3.18. The van der Waals surface area contributed by atoms with Gasteiger partial charge in [-0.1, -0.05) is 26.8 Å². The minimum absolute atomic E-state index is 0.0565. The summed E-state index contributed by atoms with van der Waals surface area (Å²) in [5, 5.41) is 0. The van der Waals surface area contributed by atoms with Gasteiger partial charge in [-0.2, -0.15) is 0 Å². The van der Waals surface area contributed by atoms with Crippen molar-refractivity contribution in [1.29, 1.82) is 0 Å². The van der Waals surface area contributed by atoms with Gasteiger partial charge in [0.2, 0.25) is 0 Å². The van der Waals surface area contributed by atoms with Gasteiger partial charge in [-0.25, -0.2) is 0 Å². The predicted molar refractivity (Wildman–Crippen MR) is 80.1 cm³/mol. The average molecular weight is 275 g/mol. The van der Waals surface area contributed by atoms with Gasteiger partial charge in [0.25, 0.3) is 0 Å². The van der Waals surface area contributed by atoms with Crippen molar-refractivity contribution in [2.45, 2.75) is 51.7 Å². The zero-order valence-electron chi connectivity index (χ0n) is 12.9. The molecule has 1 aromatic rings. The first-order valence-corrected chi connectivity index (χ1v) is 7.48. The average Bonchev–Trinajstić information content (AvgIpc) is 2.57. The maximum absolute atomic E-state index is 6.48. The lowest BCUT2D eigenvalue weighted by atomic mass is 9.80. The molecule has 3 heteroatoms. The smallest absolute Gasteiger partial charge is 0.128 e. The maximum atomic E-state index is 6.48. The van der Waals surface area contributed by atoms with E-state index in [4.69, 9.17) is 15.2 Å². The molecule has 2 aliphatic rings. The quantitative estimate of drug-likeness (QED) is 0.850. The summed E-state index contributed by atoms with van der Waals surface area (Å²) in [5.74, 6) is 2.27. The molecular formula is C17H25NO2. The van der Waals surface area contributed by atoms with Gasteiger partial charge in [-0.05, 0) is 30.2 Å². The van der Waals surface area contributed by atoms with Crippen LogP contribution in [0.5, 0.6) is 11.5 Å². The van der Waals surface area contributed by atoms with Crippen molar-refractivity contribution >= 4 is 0 Å². The van der Waals surface area contributed by atoms with Crippen LogP contribution in [-0.4, -0.2) is 12.7 Å². The summed E-state index contributed by atoms with van der Waals surface area (Å²) in [6.45, 7) is 6.95. The van der Waals surface area contributed by atoms with Gasteiger partial charge in [-0.15, -0.1) is 0 Å². The Morgan fingerprint density at radius 3 is 2.65 bits per heavy atom. The van der Waals surface area contributed by atoms with E-state index in [1.54, 1.807) is 7.11 Å². The molecule has 20 heavy (non-hydrogen) atoms. The Balaban J connectivity index is 1.99. The Morgan fingerprint density at radius 1 is 1.30 bits per heavy atom. The van der Waals surface area contributed by atoms with Crippen LogP contribution in [0.4, 0.5) is 0 Å². The van der Waals surface area contributed by atoms with Crippen LogP contribution in [0, 0.1) is 11.3 Å². The summed E-state index contributed by atoms with van der Waals surface area (Å²) < 4.78 is 11.8. The fourth-order valence-electron chi connectivity index (χ4n) is 4.26. The zero-order valence-corrected chi connectivity index (χ0v) is 12.9. The molecular weight excluding hydrogens is 250 g/mol. The minimum atomic E-state index is -0.109. The largest absolute Gasteiger partial charge is 0.497 e. The second-order valence-electron chi connectivity index (χ2n) is 7.33. The van der Waals surface area contributed by atoms with Crippen LogP contribution < -0.4 is 15.2 Å². The number of benzene rings is 1. The molecule has 0 saturated heterocycles. The molecule has 0 aromatic heterocycles. The van der Waals surface area contributed by atoms with Crippen molar-refractivity contribution in [2.75, 3.05) is 7.11 Å². The van der Waals surface area contributed by atoms with Gasteiger partial charge in [0.1, 0.15) is 17.1 Å². The van der Waals surface area contributed by atoms with Crippen LogP contribution in [0.3, 0.4) is 0 Å². The van der Waals surface area contributed by atoms with Crippen molar-refractivity contribution in [2.24, 2.45) is 17.1 Å². The maximum Gasteiger partial charge on any atom is 0.128 e. The van der Waals surface area contributed by atoms with E-state index in [0.717, 1.165) is 29.9 Å². The second-order valence-corrected chi connectivity index (χ2v) is 7.33. The lowest BCUT2D eigenvalue weighted by molar-refractivity contribution is 0.00165. The molecule has 3 atom stereocenters. The summed E-state index contributed by atoms with van der Waals surface area (Å²) in [5.41, 5.74) is 7.75. The van der Waals surface area contributed by atoms with Crippen molar-refractivity contribution in [3.63, 3.8) is 0 Å². The molecule has 1 aromatic carbocycles. The zero-order chi connectivity index (χ0) is 14.5. The highest BCUT2D eigenvalue weighted by Gasteiger charge is 2.53. The Bertz CT molecular complexity index is 526. The third-order valence-electron chi connectivity index (χ3n) is 5.03. The fraction of sp³-hybridized carbons (Fsp3) is 0.647.